The largest absolute Gasteiger partial charge is 0.309 e. The first-order valence-corrected chi connectivity index (χ1v) is 6.87. The number of rotatable bonds is 4. The smallest absolute Gasteiger partial charge is 0.0132 e. The molecule has 0 heterocycles. The molecule has 1 aliphatic rings. The summed E-state index contributed by atoms with van der Waals surface area (Å²) in [4.78, 5) is 0. The Balaban J connectivity index is 2.33. The molecule has 0 aliphatic heterocycles. The lowest BCUT2D eigenvalue weighted by atomic mass is 9.72. The molecule has 0 radical (unpaired) electrons. The van der Waals surface area contributed by atoms with Gasteiger partial charge in [-0.1, -0.05) is 34.6 Å². The van der Waals surface area contributed by atoms with Gasteiger partial charge in [0.15, 0.2) is 0 Å². The lowest BCUT2D eigenvalue weighted by Gasteiger charge is -2.44. The molecule has 1 N–H and O–H groups in total. The third-order valence-corrected chi connectivity index (χ3v) is 3.68. The van der Waals surface area contributed by atoms with E-state index < -0.39 is 0 Å². The van der Waals surface area contributed by atoms with Crippen molar-refractivity contribution in [2.24, 2.45) is 17.3 Å². The Hall–Kier alpha value is -0.0400. The van der Waals surface area contributed by atoms with Crippen molar-refractivity contribution in [2.75, 3.05) is 0 Å². The number of hydrogen-bond acceptors (Lipinski definition) is 1. The number of hydrogen-bond donors (Lipinski definition) is 1. The second-order valence-corrected chi connectivity index (χ2v) is 7.94. The van der Waals surface area contributed by atoms with Gasteiger partial charge in [-0.05, 0) is 50.4 Å². The topological polar surface area (TPSA) is 12.0 Å². The van der Waals surface area contributed by atoms with Crippen molar-refractivity contribution >= 4 is 0 Å². The van der Waals surface area contributed by atoms with Gasteiger partial charge in [0.1, 0.15) is 0 Å². The first kappa shape index (κ1) is 14.0. The Labute approximate surface area is 102 Å². The Morgan fingerprint density at radius 2 is 1.56 bits per heavy atom. The zero-order valence-electron chi connectivity index (χ0n) is 12.4. The van der Waals surface area contributed by atoms with E-state index in [0.29, 0.717) is 5.41 Å². The van der Waals surface area contributed by atoms with Crippen molar-refractivity contribution in [1.82, 2.24) is 5.32 Å². The van der Waals surface area contributed by atoms with Crippen molar-refractivity contribution in [3.63, 3.8) is 0 Å². The third kappa shape index (κ3) is 4.45. The molecule has 16 heavy (non-hydrogen) atoms. The fourth-order valence-electron chi connectivity index (χ4n) is 3.25. The predicted octanol–water partition coefficient (Wildman–Crippen LogP) is 4.23. The Morgan fingerprint density at radius 1 is 1.06 bits per heavy atom. The van der Waals surface area contributed by atoms with Crippen LogP contribution in [0.3, 0.4) is 0 Å². The van der Waals surface area contributed by atoms with Crippen LogP contribution in [0.1, 0.15) is 67.7 Å². The normalized spacial score (nSPS) is 27.0. The molecule has 0 aromatic rings. The van der Waals surface area contributed by atoms with Gasteiger partial charge in [0.05, 0.1) is 0 Å². The highest BCUT2D eigenvalue weighted by atomic mass is 15.0. The van der Waals surface area contributed by atoms with Gasteiger partial charge in [-0.25, -0.2) is 0 Å². The van der Waals surface area contributed by atoms with E-state index >= 15 is 0 Å². The highest BCUT2D eigenvalue weighted by molar-refractivity contribution is 4.93. The minimum atomic E-state index is 0.283. The van der Waals surface area contributed by atoms with Gasteiger partial charge in [0.25, 0.3) is 0 Å². The monoisotopic (exact) mass is 225 g/mol. The summed E-state index contributed by atoms with van der Waals surface area (Å²) in [7, 11) is 0. The second-order valence-electron chi connectivity index (χ2n) is 7.94. The summed E-state index contributed by atoms with van der Waals surface area (Å²) in [6.07, 6.45) is 4.00. The zero-order valence-corrected chi connectivity index (χ0v) is 12.4. The third-order valence-electron chi connectivity index (χ3n) is 3.68. The van der Waals surface area contributed by atoms with Crippen LogP contribution < -0.4 is 5.32 Å². The van der Waals surface area contributed by atoms with Crippen molar-refractivity contribution in [3.05, 3.63) is 0 Å². The maximum absolute atomic E-state index is 3.83. The maximum atomic E-state index is 3.83. The second kappa shape index (κ2) is 4.68. The summed E-state index contributed by atoms with van der Waals surface area (Å²) in [6.45, 7) is 16.4. The Kier molecular flexibility index (Phi) is 4.10. The van der Waals surface area contributed by atoms with Gasteiger partial charge in [-0.2, -0.15) is 0 Å². The van der Waals surface area contributed by atoms with Gasteiger partial charge < -0.3 is 5.32 Å². The molecule has 0 bridgehead atoms. The van der Waals surface area contributed by atoms with Crippen molar-refractivity contribution in [2.45, 2.75) is 79.3 Å². The van der Waals surface area contributed by atoms with Gasteiger partial charge >= 0.3 is 0 Å². The van der Waals surface area contributed by atoms with E-state index in [9.17, 15) is 0 Å². The van der Waals surface area contributed by atoms with Gasteiger partial charge in [-0.3, -0.25) is 0 Å². The molecule has 1 heteroatoms. The van der Waals surface area contributed by atoms with E-state index in [1.165, 1.54) is 19.3 Å². The van der Waals surface area contributed by atoms with Crippen molar-refractivity contribution in [1.29, 1.82) is 0 Å². The van der Waals surface area contributed by atoms with E-state index in [1.807, 2.05) is 0 Å². The van der Waals surface area contributed by atoms with E-state index in [0.717, 1.165) is 17.9 Å². The van der Waals surface area contributed by atoms with Crippen LogP contribution in [0.15, 0.2) is 0 Å². The molecule has 0 saturated heterocycles. The molecule has 0 atom stereocenters. The molecule has 0 amide bonds. The van der Waals surface area contributed by atoms with Gasteiger partial charge in [0, 0.05) is 11.6 Å². The molecule has 1 aliphatic carbocycles. The average Bonchev–Trinajstić information content (AvgIpc) is 1.89. The maximum Gasteiger partial charge on any atom is 0.0132 e. The van der Waals surface area contributed by atoms with Crippen LogP contribution in [0.5, 0.6) is 0 Å². The van der Waals surface area contributed by atoms with Crippen LogP contribution in [-0.2, 0) is 0 Å². The molecule has 96 valence electrons. The standard InChI is InChI=1S/C15H31N/c1-11(2)12-8-13(9-12)16-15(6,7)10-14(3,4)5/h11-13,16H,8-10H2,1-7H3. The Morgan fingerprint density at radius 3 is 1.94 bits per heavy atom. The SMILES string of the molecule is CC(C)C1CC(NC(C)(C)CC(C)(C)C)C1. The lowest BCUT2D eigenvalue weighted by molar-refractivity contribution is 0.121. The lowest BCUT2D eigenvalue weighted by Crippen LogP contribution is -2.53. The fourth-order valence-corrected chi connectivity index (χ4v) is 3.25. The summed E-state index contributed by atoms with van der Waals surface area (Å²) in [5.41, 5.74) is 0.697. The molecule has 1 rings (SSSR count). The molecule has 0 unspecified atom stereocenters. The molecule has 0 aromatic heterocycles. The summed E-state index contributed by atoms with van der Waals surface area (Å²) < 4.78 is 0. The highest BCUT2D eigenvalue weighted by Crippen LogP contribution is 2.36. The van der Waals surface area contributed by atoms with Gasteiger partial charge in [-0.15, -0.1) is 0 Å². The first-order valence-electron chi connectivity index (χ1n) is 6.87. The van der Waals surface area contributed by atoms with Crippen LogP contribution in [0.2, 0.25) is 0 Å². The summed E-state index contributed by atoms with van der Waals surface area (Å²) in [5, 5.41) is 3.83. The molecule has 1 fully saturated rings. The minimum absolute atomic E-state index is 0.283. The summed E-state index contributed by atoms with van der Waals surface area (Å²) >= 11 is 0. The molecule has 0 spiro atoms. The minimum Gasteiger partial charge on any atom is -0.309 e. The molecule has 1 nitrogen and oxygen atoms in total. The van der Waals surface area contributed by atoms with Crippen LogP contribution in [-0.4, -0.2) is 11.6 Å². The van der Waals surface area contributed by atoms with Crippen LogP contribution in [0.25, 0.3) is 0 Å². The number of nitrogens with one attached hydrogen (secondary N) is 1. The highest BCUT2D eigenvalue weighted by Gasteiger charge is 2.35. The molecular weight excluding hydrogens is 194 g/mol. The quantitative estimate of drug-likeness (QED) is 0.755. The zero-order chi connectivity index (χ0) is 12.6. The van der Waals surface area contributed by atoms with Gasteiger partial charge in [0.2, 0.25) is 0 Å². The molecular formula is C15H31N. The van der Waals surface area contributed by atoms with Crippen molar-refractivity contribution in [3.8, 4) is 0 Å². The van der Waals surface area contributed by atoms with Crippen molar-refractivity contribution < 1.29 is 0 Å². The fraction of sp³-hybridized carbons (Fsp3) is 1.00. The first-order chi connectivity index (χ1) is 7.09. The average molecular weight is 225 g/mol. The summed E-state index contributed by atoms with van der Waals surface area (Å²) in [5.74, 6) is 1.83. The van der Waals surface area contributed by atoms with E-state index in [4.69, 9.17) is 0 Å². The summed E-state index contributed by atoms with van der Waals surface area (Å²) in [6, 6.07) is 0.768. The molecule has 1 saturated carbocycles. The predicted molar refractivity (Wildman–Crippen MR) is 72.6 cm³/mol. The Bertz CT molecular complexity index is 216. The van der Waals surface area contributed by atoms with E-state index in [2.05, 4.69) is 53.8 Å². The van der Waals surface area contributed by atoms with E-state index in [-0.39, 0.29) is 5.54 Å². The van der Waals surface area contributed by atoms with Crippen LogP contribution >= 0.6 is 0 Å². The van der Waals surface area contributed by atoms with Crippen LogP contribution in [0, 0.1) is 17.3 Å². The van der Waals surface area contributed by atoms with E-state index in [1.54, 1.807) is 0 Å². The molecule has 0 aromatic carbocycles. The van der Waals surface area contributed by atoms with Crippen LogP contribution in [0.4, 0.5) is 0 Å².